The van der Waals surface area contributed by atoms with Gasteiger partial charge in [-0.25, -0.2) is 0 Å². The van der Waals surface area contributed by atoms with Gasteiger partial charge in [0.2, 0.25) is 6.29 Å². The molecule has 1 saturated heterocycles. The van der Waals surface area contributed by atoms with E-state index in [-0.39, 0.29) is 17.0 Å². The van der Waals surface area contributed by atoms with Gasteiger partial charge in [0.05, 0.1) is 18.6 Å². The molecule has 0 amide bonds. The number of benzene rings is 1. The SMILES string of the molecule is COc1ccc(Cc2sc(C(F)(F)F)cc2O[C@@H]2O[C@H](CO)[C@@H](O)[C@H](O)[C@H]2O)cc1. The number of hydrogen-bond acceptors (Lipinski definition) is 8. The van der Waals surface area contributed by atoms with E-state index in [0.29, 0.717) is 22.6 Å². The van der Waals surface area contributed by atoms with Crippen LogP contribution >= 0.6 is 11.3 Å². The van der Waals surface area contributed by atoms with Crippen LogP contribution < -0.4 is 9.47 Å². The second kappa shape index (κ2) is 9.08. The largest absolute Gasteiger partial charge is 0.497 e. The predicted molar refractivity (Wildman–Crippen MR) is 99.5 cm³/mol. The van der Waals surface area contributed by atoms with Crippen LogP contribution in [0.4, 0.5) is 13.2 Å². The Morgan fingerprint density at radius 3 is 2.30 bits per heavy atom. The molecule has 1 aliphatic rings. The highest BCUT2D eigenvalue weighted by Crippen LogP contribution is 2.42. The molecule has 1 aromatic heterocycles. The van der Waals surface area contributed by atoms with Gasteiger partial charge in [0.25, 0.3) is 0 Å². The van der Waals surface area contributed by atoms with Gasteiger partial charge in [-0.15, -0.1) is 11.3 Å². The highest BCUT2D eigenvalue weighted by Gasteiger charge is 2.45. The first-order valence-electron chi connectivity index (χ1n) is 8.94. The molecule has 0 radical (unpaired) electrons. The van der Waals surface area contributed by atoms with Crippen molar-refractivity contribution in [1.29, 1.82) is 0 Å². The van der Waals surface area contributed by atoms with Gasteiger partial charge in [-0.3, -0.25) is 0 Å². The van der Waals surface area contributed by atoms with E-state index in [9.17, 15) is 33.6 Å². The minimum atomic E-state index is -4.60. The molecule has 1 aromatic carbocycles. The molecule has 5 atom stereocenters. The first-order chi connectivity index (χ1) is 14.1. The molecular formula is C19H21F3O7S. The maximum atomic E-state index is 13.3. The van der Waals surface area contributed by atoms with Crippen LogP contribution in [-0.2, 0) is 17.3 Å². The van der Waals surface area contributed by atoms with E-state index in [2.05, 4.69) is 0 Å². The monoisotopic (exact) mass is 450 g/mol. The van der Waals surface area contributed by atoms with Crippen molar-refractivity contribution in [2.75, 3.05) is 13.7 Å². The molecule has 0 saturated carbocycles. The third kappa shape index (κ3) is 4.88. The number of methoxy groups -OCH3 is 1. The third-order valence-corrected chi connectivity index (χ3v) is 5.83. The highest BCUT2D eigenvalue weighted by atomic mass is 32.1. The Balaban J connectivity index is 1.87. The third-order valence-electron chi connectivity index (χ3n) is 4.66. The summed E-state index contributed by atoms with van der Waals surface area (Å²) in [7, 11) is 1.50. The van der Waals surface area contributed by atoms with Crippen molar-refractivity contribution in [3.05, 3.63) is 45.6 Å². The molecule has 0 unspecified atom stereocenters. The lowest BCUT2D eigenvalue weighted by Gasteiger charge is -2.39. The summed E-state index contributed by atoms with van der Waals surface area (Å²) in [6.45, 7) is -0.680. The Bertz CT molecular complexity index is 838. The molecule has 3 rings (SSSR count). The summed E-state index contributed by atoms with van der Waals surface area (Å²) in [6, 6.07) is 7.54. The van der Waals surface area contributed by atoms with Crippen LogP contribution in [0.2, 0.25) is 0 Å². The lowest BCUT2D eigenvalue weighted by molar-refractivity contribution is -0.277. The van der Waals surface area contributed by atoms with Crippen LogP contribution in [0.15, 0.2) is 30.3 Å². The van der Waals surface area contributed by atoms with Gasteiger partial charge in [0.15, 0.2) is 0 Å². The number of ether oxygens (including phenoxy) is 3. The zero-order valence-corrected chi connectivity index (χ0v) is 16.6. The summed E-state index contributed by atoms with van der Waals surface area (Å²) in [4.78, 5) is -0.671. The Kier molecular flexibility index (Phi) is 6.90. The molecule has 4 N–H and O–H groups in total. The number of alkyl halides is 3. The number of hydrogen-bond donors (Lipinski definition) is 4. The van der Waals surface area contributed by atoms with Crippen molar-refractivity contribution < 1.29 is 47.8 Å². The topological polar surface area (TPSA) is 109 Å². The standard InChI is InChI=1S/C19H21F3O7S/c1-27-10-4-2-9(3-5-10)6-13-11(7-14(30-13)19(20,21)22)28-18-17(26)16(25)15(24)12(8-23)29-18/h2-5,7,12,15-18,23-26H,6,8H2,1H3/t12-,15-,16+,17-,18-/m1/s1. The number of aliphatic hydroxyl groups excluding tert-OH is 4. The van der Waals surface area contributed by atoms with Gasteiger partial charge < -0.3 is 34.6 Å². The van der Waals surface area contributed by atoms with E-state index >= 15 is 0 Å². The summed E-state index contributed by atoms with van der Waals surface area (Å²) >= 11 is 0.489. The number of thiophene rings is 1. The summed E-state index contributed by atoms with van der Waals surface area (Å²) in [5.41, 5.74) is 0.699. The molecule has 7 nitrogen and oxygen atoms in total. The van der Waals surface area contributed by atoms with E-state index in [0.717, 1.165) is 6.07 Å². The van der Waals surface area contributed by atoms with Crippen LogP contribution in [0, 0.1) is 0 Å². The molecule has 166 valence electrons. The van der Waals surface area contributed by atoms with Crippen molar-refractivity contribution >= 4 is 11.3 Å². The first-order valence-corrected chi connectivity index (χ1v) is 9.75. The van der Waals surface area contributed by atoms with E-state index in [1.165, 1.54) is 7.11 Å². The van der Waals surface area contributed by atoms with Crippen LogP contribution in [0.5, 0.6) is 11.5 Å². The van der Waals surface area contributed by atoms with Gasteiger partial charge in [-0.1, -0.05) is 12.1 Å². The predicted octanol–water partition coefficient (Wildman–Crippen LogP) is 1.54. The second-order valence-electron chi connectivity index (χ2n) is 6.74. The van der Waals surface area contributed by atoms with E-state index in [1.807, 2.05) is 0 Å². The van der Waals surface area contributed by atoms with Crippen LogP contribution in [0.1, 0.15) is 15.3 Å². The van der Waals surface area contributed by atoms with Crippen LogP contribution in [0.25, 0.3) is 0 Å². The average Bonchev–Trinajstić information content (AvgIpc) is 3.12. The molecule has 11 heteroatoms. The maximum Gasteiger partial charge on any atom is 0.425 e. The summed E-state index contributed by atoms with van der Waals surface area (Å²) in [5.74, 6) is 0.422. The van der Waals surface area contributed by atoms with E-state index in [4.69, 9.17) is 14.2 Å². The average molecular weight is 450 g/mol. The molecule has 0 aliphatic carbocycles. The van der Waals surface area contributed by atoms with Crippen LogP contribution in [-0.4, -0.2) is 64.8 Å². The summed E-state index contributed by atoms with van der Waals surface area (Å²) in [6.07, 6.45) is -12.3. The summed E-state index contributed by atoms with van der Waals surface area (Å²) in [5, 5.41) is 39.1. The zero-order chi connectivity index (χ0) is 22.1. The smallest absolute Gasteiger partial charge is 0.425 e. The normalized spacial score (nSPS) is 27.1. The Morgan fingerprint density at radius 2 is 1.73 bits per heavy atom. The molecular weight excluding hydrogens is 429 g/mol. The van der Waals surface area contributed by atoms with Crippen LogP contribution in [0.3, 0.4) is 0 Å². The first kappa shape index (κ1) is 22.8. The fraction of sp³-hybridized carbons (Fsp3) is 0.474. The Morgan fingerprint density at radius 1 is 1.07 bits per heavy atom. The molecule has 2 aromatic rings. The Hall–Kier alpha value is -1.89. The number of rotatable bonds is 6. The van der Waals surface area contributed by atoms with E-state index < -0.39 is 48.4 Å². The van der Waals surface area contributed by atoms with Crippen molar-refractivity contribution in [2.45, 2.75) is 43.3 Å². The van der Waals surface area contributed by atoms with Gasteiger partial charge in [-0.05, 0) is 17.7 Å². The second-order valence-corrected chi connectivity index (χ2v) is 7.87. The van der Waals surface area contributed by atoms with Gasteiger partial charge >= 0.3 is 6.18 Å². The van der Waals surface area contributed by atoms with E-state index in [1.54, 1.807) is 24.3 Å². The number of halogens is 3. The molecule has 1 fully saturated rings. The highest BCUT2D eigenvalue weighted by molar-refractivity contribution is 7.12. The quantitative estimate of drug-likeness (QED) is 0.529. The molecule has 0 spiro atoms. The van der Waals surface area contributed by atoms with Crippen molar-refractivity contribution in [2.24, 2.45) is 0 Å². The summed E-state index contributed by atoms with van der Waals surface area (Å²) < 4.78 is 55.5. The zero-order valence-electron chi connectivity index (χ0n) is 15.7. The minimum Gasteiger partial charge on any atom is -0.497 e. The lowest BCUT2D eigenvalue weighted by Crippen LogP contribution is -2.60. The molecule has 1 aliphatic heterocycles. The lowest BCUT2D eigenvalue weighted by atomic mass is 9.99. The molecule has 0 bridgehead atoms. The minimum absolute atomic E-state index is 0.109. The van der Waals surface area contributed by atoms with Gasteiger partial charge in [0, 0.05) is 12.5 Å². The molecule has 30 heavy (non-hydrogen) atoms. The number of aliphatic hydroxyl groups is 4. The maximum absolute atomic E-state index is 13.3. The van der Waals surface area contributed by atoms with Gasteiger partial charge in [0.1, 0.15) is 40.8 Å². The van der Waals surface area contributed by atoms with Gasteiger partial charge in [-0.2, -0.15) is 13.2 Å². The molecule has 2 heterocycles. The Labute approximate surface area is 173 Å². The van der Waals surface area contributed by atoms with Crippen molar-refractivity contribution in [3.63, 3.8) is 0 Å². The fourth-order valence-electron chi connectivity index (χ4n) is 2.99. The van der Waals surface area contributed by atoms with Crippen molar-refractivity contribution in [3.8, 4) is 11.5 Å². The van der Waals surface area contributed by atoms with Crippen molar-refractivity contribution in [1.82, 2.24) is 0 Å². The fourth-order valence-corrected chi connectivity index (χ4v) is 3.99.